The Bertz CT molecular complexity index is 922. The van der Waals surface area contributed by atoms with Gasteiger partial charge in [0.25, 0.3) is 11.6 Å². The molecule has 4 saturated carbocycles. The van der Waals surface area contributed by atoms with Gasteiger partial charge in [-0.1, -0.05) is 24.3 Å². The molecule has 5 rings (SSSR count). The van der Waals surface area contributed by atoms with E-state index in [0.29, 0.717) is 25.7 Å². The van der Waals surface area contributed by atoms with E-state index in [1.54, 1.807) is 0 Å². The van der Waals surface area contributed by atoms with Crippen molar-refractivity contribution >= 4 is 34.7 Å². The topological polar surface area (TPSA) is 102 Å². The fourth-order valence-corrected chi connectivity index (χ4v) is 6.11. The van der Waals surface area contributed by atoms with Gasteiger partial charge in [0.2, 0.25) is 23.1 Å². The van der Waals surface area contributed by atoms with Crippen LogP contribution in [0.15, 0.2) is 24.3 Å². The molecule has 6 heteroatoms. The van der Waals surface area contributed by atoms with Crippen LogP contribution in [0, 0.1) is 23.7 Å². The standard InChI is InChI=1S/C24H22O6/c25-19-15-7-5-13(9-17(15)21(27)23(19)29)11-1-2-12(4-3-11)14-6-8-16-18(10-14)22(28)24(30)20(16)26/h1-4,13-18H,5-10H2. The Morgan fingerprint density at radius 3 is 1.17 bits per heavy atom. The molecule has 6 nitrogen and oxygen atoms in total. The minimum atomic E-state index is -0.824. The lowest BCUT2D eigenvalue weighted by atomic mass is 9.71. The molecule has 0 N–H and O–H groups in total. The Labute approximate surface area is 173 Å². The fraction of sp³-hybridized carbons (Fsp3) is 0.500. The van der Waals surface area contributed by atoms with Crippen molar-refractivity contribution in [1.82, 2.24) is 0 Å². The van der Waals surface area contributed by atoms with E-state index in [-0.39, 0.29) is 11.8 Å². The number of ketones is 6. The molecule has 0 aliphatic heterocycles. The number of carbonyl (C=O) groups is 6. The largest absolute Gasteiger partial charge is 0.290 e. The Morgan fingerprint density at radius 2 is 0.800 bits per heavy atom. The lowest BCUT2D eigenvalue weighted by Crippen LogP contribution is -2.26. The minimum absolute atomic E-state index is 0.144. The average molecular weight is 406 g/mol. The highest BCUT2D eigenvalue weighted by Gasteiger charge is 2.52. The lowest BCUT2D eigenvalue weighted by Gasteiger charge is -2.31. The normalized spacial score (nSPS) is 36.3. The van der Waals surface area contributed by atoms with Crippen LogP contribution in [0.1, 0.15) is 61.5 Å². The fourth-order valence-electron chi connectivity index (χ4n) is 6.11. The zero-order valence-corrected chi connectivity index (χ0v) is 16.5. The van der Waals surface area contributed by atoms with Crippen LogP contribution in [0.4, 0.5) is 0 Å². The van der Waals surface area contributed by atoms with E-state index in [1.165, 1.54) is 0 Å². The summed E-state index contributed by atoms with van der Waals surface area (Å²) in [6, 6.07) is 8.12. The molecule has 154 valence electrons. The van der Waals surface area contributed by atoms with Crippen molar-refractivity contribution in [2.75, 3.05) is 0 Å². The molecule has 0 saturated heterocycles. The maximum absolute atomic E-state index is 12.1. The molecule has 4 aliphatic carbocycles. The highest BCUT2D eigenvalue weighted by molar-refractivity contribution is 6.68. The second-order valence-corrected chi connectivity index (χ2v) is 9.23. The number of carbonyl (C=O) groups excluding carboxylic acids is 6. The second-order valence-electron chi connectivity index (χ2n) is 9.23. The van der Waals surface area contributed by atoms with Gasteiger partial charge in [-0.2, -0.15) is 0 Å². The summed E-state index contributed by atoms with van der Waals surface area (Å²) in [5.74, 6) is -5.21. The third kappa shape index (κ3) is 2.76. The SMILES string of the molecule is O=C1C(=O)C2CCC(c3ccc(C4CCC5C(=O)C(=O)C(=O)C5C4)cc3)CC2C1=O. The van der Waals surface area contributed by atoms with Crippen molar-refractivity contribution in [1.29, 1.82) is 0 Å². The van der Waals surface area contributed by atoms with Crippen LogP contribution in [0.25, 0.3) is 0 Å². The maximum Gasteiger partial charge on any atom is 0.264 e. The van der Waals surface area contributed by atoms with Crippen LogP contribution in [-0.2, 0) is 28.8 Å². The van der Waals surface area contributed by atoms with Gasteiger partial charge in [0.05, 0.1) is 0 Å². The highest BCUT2D eigenvalue weighted by atomic mass is 16.2. The third-order valence-electron chi connectivity index (χ3n) is 7.82. The monoisotopic (exact) mass is 406 g/mol. The minimum Gasteiger partial charge on any atom is -0.290 e. The Balaban J connectivity index is 1.29. The predicted octanol–water partition coefficient (Wildman–Crippen LogP) is 2.13. The second kappa shape index (κ2) is 6.89. The molecule has 1 aromatic carbocycles. The maximum atomic E-state index is 12.1. The van der Waals surface area contributed by atoms with E-state index < -0.39 is 58.4 Å². The summed E-state index contributed by atoms with van der Waals surface area (Å²) in [5, 5.41) is 0. The number of benzene rings is 1. The Hall–Kier alpha value is -2.76. The summed E-state index contributed by atoms with van der Waals surface area (Å²) >= 11 is 0. The quantitative estimate of drug-likeness (QED) is 0.697. The molecule has 4 aliphatic rings. The van der Waals surface area contributed by atoms with Crippen molar-refractivity contribution in [3.05, 3.63) is 35.4 Å². The van der Waals surface area contributed by atoms with Gasteiger partial charge >= 0.3 is 0 Å². The average Bonchev–Trinajstić information content (AvgIpc) is 3.13. The van der Waals surface area contributed by atoms with Gasteiger partial charge in [-0.3, -0.25) is 28.8 Å². The molecule has 6 unspecified atom stereocenters. The summed E-state index contributed by atoms with van der Waals surface area (Å²) in [5.41, 5.74) is 2.18. The summed E-state index contributed by atoms with van der Waals surface area (Å²) in [6.45, 7) is 0. The lowest BCUT2D eigenvalue weighted by molar-refractivity contribution is -0.141. The van der Waals surface area contributed by atoms with Crippen LogP contribution < -0.4 is 0 Å². The van der Waals surface area contributed by atoms with E-state index in [1.807, 2.05) is 24.3 Å². The molecule has 0 radical (unpaired) electrons. The van der Waals surface area contributed by atoms with Gasteiger partial charge in [0.1, 0.15) is 0 Å². The Morgan fingerprint density at radius 1 is 0.467 bits per heavy atom. The van der Waals surface area contributed by atoms with E-state index in [4.69, 9.17) is 0 Å². The molecule has 0 aromatic heterocycles. The first-order valence-corrected chi connectivity index (χ1v) is 10.7. The van der Waals surface area contributed by atoms with Gasteiger partial charge in [-0.25, -0.2) is 0 Å². The number of hydrogen-bond donors (Lipinski definition) is 0. The first-order chi connectivity index (χ1) is 14.4. The summed E-state index contributed by atoms with van der Waals surface area (Å²) < 4.78 is 0. The molecular weight excluding hydrogens is 384 g/mol. The molecule has 6 atom stereocenters. The van der Waals surface area contributed by atoms with Crippen LogP contribution in [0.2, 0.25) is 0 Å². The van der Waals surface area contributed by atoms with E-state index >= 15 is 0 Å². The zero-order valence-electron chi connectivity index (χ0n) is 16.5. The molecular formula is C24H22O6. The summed E-state index contributed by atoms with van der Waals surface area (Å²) in [4.78, 5) is 71.5. The molecule has 0 spiro atoms. The van der Waals surface area contributed by atoms with Crippen molar-refractivity contribution in [3.8, 4) is 0 Å². The zero-order chi connectivity index (χ0) is 21.2. The smallest absolute Gasteiger partial charge is 0.264 e. The van der Waals surface area contributed by atoms with Crippen molar-refractivity contribution in [2.24, 2.45) is 23.7 Å². The van der Waals surface area contributed by atoms with Crippen molar-refractivity contribution < 1.29 is 28.8 Å². The van der Waals surface area contributed by atoms with Crippen LogP contribution in [-0.4, -0.2) is 34.7 Å². The molecule has 0 heterocycles. The van der Waals surface area contributed by atoms with Crippen molar-refractivity contribution in [3.63, 3.8) is 0 Å². The molecule has 1 aromatic rings. The van der Waals surface area contributed by atoms with Gasteiger partial charge in [0, 0.05) is 23.7 Å². The number of fused-ring (bicyclic) bond motifs is 2. The van der Waals surface area contributed by atoms with Crippen LogP contribution in [0.3, 0.4) is 0 Å². The number of hydrogen-bond acceptors (Lipinski definition) is 6. The first kappa shape index (κ1) is 19.2. The van der Waals surface area contributed by atoms with E-state index in [2.05, 4.69) is 0 Å². The predicted molar refractivity (Wildman–Crippen MR) is 104 cm³/mol. The molecule has 30 heavy (non-hydrogen) atoms. The first-order valence-electron chi connectivity index (χ1n) is 10.7. The van der Waals surface area contributed by atoms with E-state index in [9.17, 15) is 28.8 Å². The van der Waals surface area contributed by atoms with Crippen LogP contribution in [0.5, 0.6) is 0 Å². The summed E-state index contributed by atoms with van der Waals surface area (Å²) in [7, 11) is 0. The van der Waals surface area contributed by atoms with Crippen LogP contribution >= 0.6 is 0 Å². The third-order valence-corrected chi connectivity index (χ3v) is 7.82. The van der Waals surface area contributed by atoms with Gasteiger partial charge in [-0.15, -0.1) is 0 Å². The number of rotatable bonds is 2. The van der Waals surface area contributed by atoms with Gasteiger partial charge in [0.15, 0.2) is 0 Å². The highest BCUT2D eigenvalue weighted by Crippen LogP contribution is 2.46. The summed E-state index contributed by atoms with van der Waals surface area (Å²) in [6.07, 6.45) is 3.77. The molecule has 0 amide bonds. The van der Waals surface area contributed by atoms with Gasteiger partial charge in [-0.05, 0) is 61.5 Å². The van der Waals surface area contributed by atoms with E-state index in [0.717, 1.165) is 24.0 Å². The molecule has 0 bridgehead atoms. The number of Topliss-reactive ketones (excluding diaryl/α,β-unsaturated/α-hetero) is 6. The van der Waals surface area contributed by atoms with Gasteiger partial charge < -0.3 is 0 Å². The molecule has 4 fully saturated rings. The van der Waals surface area contributed by atoms with Crippen molar-refractivity contribution in [2.45, 2.75) is 50.4 Å². The Kier molecular flexibility index (Phi) is 4.42.